The van der Waals surface area contributed by atoms with E-state index in [1.807, 2.05) is 12.3 Å². The molecule has 0 unspecified atom stereocenters. The third-order valence-corrected chi connectivity index (χ3v) is 3.43. The van der Waals surface area contributed by atoms with Crippen LogP contribution < -0.4 is 5.73 Å². The summed E-state index contributed by atoms with van der Waals surface area (Å²) in [6.07, 6.45) is 3.63. The monoisotopic (exact) mass is 232 g/mol. The minimum absolute atomic E-state index is 0.175. The number of anilines is 1. The molecule has 0 saturated carbocycles. The molecule has 2 nitrogen and oxygen atoms in total. The molecule has 0 amide bonds. The zero-order valence-electron chi connectivity index (χ0n) is 9.82. The standard InChI is InChI=1S/C13H16N2S/c1-13(2,3)16-11-5-4-9-8-15-7-6-10(9)12(11)14/h4-8H,14H2,1-3H3. The number of benzene rings is 1. The van der Waals surface area contributed by atoms with Crippen molar-refractivity contribution >= 4 is 28.2 Å². The Balaban J connectivity index is 2.53. The molecular weight excluding hydrogens is 216 g/mol. The molecule has 0 aliphatic heterocycles. The van der Waals surface area contributed by atoms with Gasteiger partial charge < -0.3 is 5.73 Å². The van der Waals surface area contributed by atoms with Gasteiger partial charge in [-0.2, -0.15) is 0 Å². The molecule has 1 aromatic heterocycles. The van der Waals surface area contributed by atoms with E-state index in [1.54, 1.807) is 18.0 Å². The quantitative estimate of drug-likeness (QED) is 0.602. The molecule has 16 heavy (non-hydrogen) atoms. The van der Waals surface area contributed by atoms with Crippen LogP contribution in [0.2, 0.25) is 0 Å². The third kappa shape index (κ3) is 2.30. The van der Waals surface area contributed by atoms with Crippen molar-refractivity contribution in [3.8, 4) is 0 Å². The highest BCUT2D eigenvalue weighted by Gasteiger charge is 2.14. The Kier molecular flexibility index (Phi) is 2.80. The number of pyridine rings is 1. The number of aromatic nitrogens is 1. The lowest BCUT2D eigenvalue weighted by Gasteiger charge is -2.19. The zero-order valence-corrected chi connectivity index (χ0v) is 10.6. The highest BCUT2D eigenvalue weighted by Crippen LogP contribution is 2.38. The first-order valence-electron chi connectivity index (χ1n) is 5.28. The van der Waals surface area contributed by atoms with Crippen molar-refractivity contribution in [2.24, 2.45) is 0 Å². The summed E-state index contributed by atoms with van der Waals surface area (Å²) in [6, 6.07) is 6.12. The lowest BCUT2D eigenvalue weighted by Crippen LogP contribution is -2.07. The Morgan fingerprint density at radius 2 is 1.94 bits per heavy atom. The van der Waals surface area contributed by atoms with Gasteiger partial charge in [-0.3, -0.25) is 4.98 Å². The van der Waals surface area contributed by atoms with Crippen LogP contribution >= 0.6 is 11.8 Å². The van der Waals surface area contributed by atoms with Crippen molar-refractivity contribution in [1.82, 2.24) is 4.98 Å². The second-order valence-electron chi connectivity index (χ2n) is 4.79. The summed E-state index contributed by atoms with van der Waals surface area (Å²) in [4.78, 5) is 5.24. The molecule has 0 aliphatic carbocycles. The van der Waals surface area contributed by atoms with E-state index in [9.17, 15) is 0 Å². The maximum Gasteiger partial charge on any atom is 0.0533 e. The van der Waals surface area contributed by atoms with E-state index >= 15 is 0 Å². The van der Waals surface area contributed by atoms with Crippen LogP contribution in [-0.4, -0.2) is 9.73 Å². The second-order valence-corrected chi connectivity index (χ2v) is 6.66. The normalized spacial score (nSPS) is 11.9. The van der Waals surface area contributed by atoms with Gasteiger partial charge in [0.15, 0.2) is 0 Å². The Labute approximate surface area is 100 Å². The minimum atomic E-state index is 0.175. The van der Waals surface area contributed by atoms with Crippen LogP contribution in [0, 0.1) is 0 Å². The highest BCUT2D eigenvalue weighted by atomic mass is 32.2. The van der Waals surface area contributed by atoms with Crippen LogP contribution in [0.5, 0.6) is 0 Å². The van der Waals surface area contributed by atoms with Crippen molar-refractivity contribution in [2.75, 3.05) is 5.73 Å². The van der Waals surface area contributed by atoms with E-state index in [4.69, 9.17) is 5.73 Å². The van der Waals surface area contributed by atoms with Gasteiger partial charge in [-0.1, -0.05) is 26.8 Å². The smallest absolute Gasteiger partial charge is 0.0533 e. The molecule has 0 fully saturated rings. The summed E-state index contributed by atoms with van der Waals surface area (Å²) in [7, 11) is 0. The summed E-state index contributed by atoms with van der Waals surface area (Å²) in [5.41, 5.74) is 7.04. The largest absolute Gasteiger partial charge is 0.397 e. The highest BCUT2D eigenvalue weighted by molar-refractivity contribution is 8.00. The Morgan fingerprint density at radius 3 is 2.62 bits per heavy atom. The number of fused-ring (bicyclic) bond motifs is 1. The lowest BCUT2D eigenvalue weighted by molar-refractivity contribution is 0.803. The van der Waals surface area contributed by atoms with Gasteiger partial charge in [0.2, 0.25) is 0 Å². The lowest BCUT2D eigenvalue weighted by atomic mass is 10.1. The van der Waals surface area contributed by atoms with E-state index in [2.05, 4.69) is 37.9 Å². The van der Waals surface area contributed by atoms with Gasteiger partial charge in [0.1, 0.15) is 0 Å². The maximum atomic E-state index is 6.18. The molecule has 2 rings (SSSR count). The molecule has 1 aromatic carbocycles. The second kappa shape index (κ2) is 3.98. The van der Waals surface area contributed by atoms with E-state index in [1.165, 1.54) is 0 Å². The van der Waals surface area contributed by atoms with Crippen LogP contribution in [0.15, 0.2) is 35.5 Å². The summed E-state index contributed by atoms with van der Waals surface area (Å²) in [6.45, 7) is 6.57. The number of nitrogen functional groups attached to an aromatic ring is 1. The molecule has 0 atom stereocenters. The number of rotatable bonds is 1. The molecule has 0 bridgehead atoms. The fourth-order valence-electron chi connectivity index (χ4n) is 1.59. The number of nitrogens with zero attached hydrogens (tertiary/aromatic N) is 1. The summed E-state index contributed by atoms with van der Waals surface area (Å²) < 4.78 is 0.175. The first-order chi connectivity index (χ1) is 7.47. The van der Waals surface area contributed by atoms with Crippen LogP contribution in [0.25, 0.3) is 10.8 Å². The SMILES string of the molecule is CC(C)(C)Sc1ccc2cnccc2c1N. The number of hydrogen-bond donors (Lipinski definition) is 1. The van der Waals surface area contributed by atoms with Crippen molar-refractivity contribution in [2.45, 2.75) is 30.4 Å². The maximum absolute atomic E-state index is 6.18. The molecule has 84 valence electrons. The number of nitrogens with two attached hydrogens (primary N) is 1. The minimum Gasteiger partial charge on any atom is -0.397 e. The van der Waals surface area contributed by atoms with E-state index in [0.717, 1.165) is 21.4 Å². The average molecular weight is 232 g/mol. The number of hydrogen-bond acceptors (Lipinski definition) is 3. The van der Waals surface area contributed by atoms with Crippen molar-refractivity contribution < 1.29 is 0 Å². The summed E-state index contributed by atoms with van der Waals surface area (Å²) in [5, 5.41) is 2.18. The van der Waals surface area contributed by atoms with Crippen LogP contribution in [0.1, 0.15) is 20.8 Å². The Morgan fingerprint density at radius 1 is 1.19 bits per heavy atom. The van der Waals surface area contributed by atoms with Gasteiger partial charge in [-0.25, -0.2) is 0 Å². The van der Waals surface area contributed by atoms with Crippen molar-refractivity contribution in [3.05, 3.63) is 30.6 Å². The molecule has 3 heteroatoms. The Bertz CT molecular complexity index is 515. The molecule has 0 spiro atoms. The molecular formula is C13H16N2S. The van der Waals surface area contributed by atoms with Gasteiger partial charge >= 0.3 is 0 Å². The molecule has 1 heterocycles. The van der Waals surface area contributed by atoms with E-state index < -0.39 is 0 Å². The average Bonchev–Trinajstić information content (AvgIpc) is 2.21. The zero-order chi connectivity index (χ0) is 11.8. The van der Waals surface area contributed by atoms with Gasteiger partial charge in [-0.05, 0) is 12.1 Å². The van der Waals surface area contributed by atoms with Crippen LogP contribution in [0.4, 0.5) is 5.69 Å². The van der Waals surface area contributed by atoms with E-state index in [-0.39, 0.29) is 4.75 Å². The molecule has 0 radical (unpaired) electrons. The summed E-state index contributed by atoms with van der Waals surface area (Å²) in [5.74, 6) is 0. The molecule has 0 aliphatic rings. The molecule has 2 N–H and O–H groups in total. The van der Waals surface area contributed by atoms with Crippen molar-refractivity contribution in [1.29, 1.82) is 0 Å². The molecule has 2 aromatic rings. The van der Waals surface area contributed by atoms with Gasteiger partial charge in [-0.15, -0.1) is 11.8 Å². The molecule has 0 saturated heterocycles. The van der Waals surface area contributed by atoms with Gasteiger partial charge in [0.25, 0.3) is 0 Å². The van der Waals surface area contributed by atoms with Crippen molar-refractivity contribution in [3.63, 3.8) is 0 Å². The third-order valence-electron chi connectivity index (χ3n) is 2.24. The fourth-order valence-corrected chi connectivity index (χ4v) is 2.61. The van der Waals surface area contributed by atoms with Gasteiger partial charge in [0, 0.05) is 32.8 Å². The predicted molar refractivity (Wildman–Crippen MR) is 71.8 cm³/mol. The first kappa shape index (κ1) is 11.3. The number of thioether (sulfide) groups is 1. The fraction of sp³-hybridized carbons (Fsp3) is 0.308. The first-order valence-corrected chi connectivity index (χ1v) is 6.10. The summed E-state index contributed by atoms with van der Waals surface area (Å²) >= 11 is 1.80. The Hall–Kier alpha value is -1.22. The van der Waals surface area contributed by atoms with Gasteiger partial charge in [0.05, 0.1) is 5.69 Å². The topological polar surface area (TPSA) is 38.9 Å². The van der Waals surface area contributed by atoms with Crippen LogP contribution in [-0.2, 0) is 0 Å². The predicted octanol–water partition coefficient (Wildman–Crippen LogP) is 3.71. The van der Waals surface area contributed by atoms with E-state index in [0.29, 0.717) is 0 Å². The van der Waals surface area contributed by atoms with Crippen LogP contribution in [0.3, 0.4) is 0 Å².